The molecule has 27 heavy (non-hydrogen) atoms. The lowest BCUT2D eigenvalue weighted by atomic mass is 10.0. The Hall–Kier alpha value is -3.15. The average molecular weight is 365 g/mol. The Balaban J connectivity index is 1.70. The number of aromatic amines is 1. The van der Waals surface area contributed by atoms with Crippen LogP contribution in [0.1, 0.15) is 48.1 Å². The van der Waals surface area contributed by atoms with E-state index in [-0.39, 0.29) is 29.9 Å². The predicted molar refractivity (Wildman–Crippen MR) is 104 cm³/mol. The summed E-state index contributed by atoms with van der Waals surface area (Å²) in [6, 6.07) is 14.3. The van der Waals surface area contributed by atoms with Crippen molar-refractivity contribution < 1.29 is 14.7 Å². The van der Waals surface area contributed by atoms with Crippen molar-refractivity contribution in [2.45, 2.75) is 32.7 Å². The van der Waals surface area contributed by atoms with Crippen molar-refractivity contribution in [1.82, 2.24) is 15.3 Å². The zero-order chi connectivity index (χ0) is 19.4. The molecule has 1 unspecified atom stereocenters. The molecule has 6 heteroatoms. The number of H-pyrrole nitrogens is 1. The zero-order valence-electron chi connectivity index (χ0n) is 15.4. The first kappa shape index (κ1) is 18.6. The first-order valence-corrected chi connectivity index (χ1v) is 9.01. The Morgan fingerprint density at radius 1 is 1.11 bits per heavy atom. The standard InChI is InChI=1S/C21H23N3O3/c1-13(2)19(20-22-16-9-5-6-10-17(16)23-20)24-18(25)12-11-14-7-3-4-8-15(14)21(26)27/h3-10,13,19H,11-12H2,1-2H3,(H,22,23)(H,24,25)(H,26,27). The molecule has 0 radical (unpaired) electrons. The van der Waals surface area contributed by atoms with Crippen molar-refractivity contribution in [3.63, 3.8) is 0 Å². The van der Waals surface area contributed by atoms with Crippen LogP contribution in [0.15, 0.2) is 48.5 Å². The fourth-order valence-electron chi connectivity index (χ4n) is 3.11. The van der Waals surface area contributed by atoms with Gasteiger partial charge in [0.05, 0.1) is 22.6 Å². The predicted octanol–water partition coefficient (Wildman–Crippen LogP) is 3.71. The second-order valence-corrected chi connectivity index (χ2v) is 6.89. The number of nitrogens with one attached hydrogen (secondary N) is 2. The molecule has 0 saturated carbocycles. The second-order valence-electron chi connectivity index (χ2n) is 6.89. The summed E-state index contributed by atoms with van der Waals surface area (Å²) < 4.78 is 0. The number of carbonyl (C=O) groups is 2. The number of hydrogen-bond donors (Lipinski definition) is 3. The fraction of sp³-hybridized carbons (Fsp3) is 0.286. The van der Waals surface area contributed by atoms with Crippen LogP contribution in [0.4, 0.5) is 0 Å². The summed E-state index contributed by atoms with van der Waals surface area (Å²) in [7, 11) is 0. The van der Waals surface area contributed by atoms with Crippen LogP contribution in [0.3, 0.4) is 0 Å². The number of amides is 1. The van der Waals surface area contributed by atoms with Gasteiger partial charge in [0.1, 0.15) is 5.82 Å². The Bertz CT molecular complexity index is 929. The van der Waals surface area contributed by atoms with Crippen LogP contribution < -0.4 is 5.32 Å². The maximum absolute atomic E-state index is 12.5. The number of nitrogens with zero attached hydrogens (tertiary/aromatic N) is 1. The summed E-state index contributed by atoms with van der Waals surface area (Å²) in [5.74, 6) is -0.228. The molecule has 3 rings (SSSR count). The normalized spacial score (nSPS) is 12.3. The van der Waals surface area contributed by atoms with Crippen molar-refractivity contribution in [2.75, 3.05) is 0 Å². The van der Waals surface area contributed by atoms with Gasteiger partial charge in [0, 0.05) is 6.42 Å². The van der Waals surface area contributed by atoms with Gasteiger partial charge < -0.3 is 15.4 Å². The number of benzene rings is 2. The third kappa shape index (κ3) is 4.34. The monoisotopic (exact) mass is 365 g/mol. The van der Waals surface area contributed by atoms with E-state index < -0.39 is 5.97 Å². The number of carboxylic acids is 1. The van der Waals surface area contributed by atoms with E-state index in [9.17, 15) is 14.7 Å². The zero-order valence-corrected chi connectivity index (χ0v) is 15.4. The number of aromatic carboxylic acids is 1. The van der Waals surface area contributed by atoms with Crippen molar-refractivity contribution >= 4 is 22.9 Å². The van der Waals surface area contributed by atoms with Crippen LogP contribution in [-0.2, 0) is 11.2 Å². The van der Waals surface area contributed by atoms with Gasteiger partial charge in [0.15, 0.2) is 0 Å². The van der Waals surface area contributed by atoms with Crippen molar-refractivity contribution in [1.29, 1.82) is 0 Å². The molecule has 3 N–H and O–H groups in total. The van der Waals surface area contributed by atoms with Crippen LogP contribution in [0.2, 0.25) is 0 Å². The minimum absolute atomic E-state index is 0.130. The summed E-state index contributed by atoms with van der Waals surface area (Å²) in [5.41, 5.74) is 2.69. The maximum Gasteiger partial charge on any atom is 0.335 e. The fourth-order valence-corrected chi connectivity index (χ4v) is 3.11. The highest BCUT2D eigenvalue weighted by atomic mass is 16.4. The lowest BCUT2D eigenvalue weighted by molar-refractivity contribution is -0.122. The van der Waals surface area contributed by atoms with Gasteiger partial charge in [-0.1, -0.05) is 44.2 Å². The van der Waals surface area contributed by atoms with Crippen molar-refractivity contribution in [2.24, 2.45) is 5.92 Å². The van der Waals surface area contributed by atoms with E-state index in [1.807, 2.05) is 38.1 Å². The van der Waals surface area contributed by atoms with Crippen LogP contribution in [0, 0.1) is 5.92 Å². The highest BCUT2D eigenvalue weighted by molar-refractivity contribution is 5.89. The molecule has 2 aromatic carbocycles. The van der Waals surface area contributed by atoms with Gasteiger partial charge in [0.2, 0.25) is 5.91 Å². The van der Waals surface area contributed by atoms with Gasteiger partial charge in [-0.05, 0) is 36.1 Å². The number of carbonyl (C=O) groups excluding carboxylic acids is 1. The SMILES string of the molecule is CC(C)C(NC(=O)CCc1ccccc1C(=O)O)c1nc2ccccc2[nH]1. The van der Waals surface area contributed by atoms with Gasteiger partial charge in [-0.3, -0.25) is 4.79 Å². The molecule has 1 aromatic heterocycles. The third-order valence-electron chi connectivity index (χ3n) is 4.55. The summed E-state index contributed by atoms with van der Waals surface area (Å²) in [6.07, 6.45) is 0.590. The number of rotatable bonds is 7. The van der Waals surface area contributed by atoms with Crippen LogP contribution in [-0.4, -0.2) is 27.0 Å². The first-order chi connectivity index (χ1) is 13.0. The quantitative estimate of drug-likeness (QED) is 0.595. The minimum atomic E-state index is -0.978. The van der Waals surface area contributed by atoms with Crippen LogP contribution in [0.5, 0.6) is 0 Å². The molecular weight excluding hydrogens is 342 g/mol. The summed E-state index contributed by atoms with van der Waals surface area (Å²) in [5, 5.41) is 12.3. The van der Waals surface area contributed by atoms with Gasteiger partial charge in [-0.2, -0.15) is 0 Å². The number of aryl methyl sites for hydroxylation is 1. The number of imidazole rings is 1. The lowest BCUT2D eigenvalue weighted by Gasteiger charge is -2.20. The molecule has 0 aliphatic heterocycles. The Kier molecular flexibility index (Phi) is 5.54. The smallest absolute Gasteiger partial charge is 0.335 e. The van der Waals surface area contributed by atoms with Crippen LogP contribution >= 0.6 is 0 Å². The number of carboxylic acid groups (broad SMARTS) is 1. The molecular formula is C21H23N3O3. The van der Waals surface area contributed by atoms with E-state index >= 15 is 0 Å². The number of fused-ring (bicyclic) bond motifs is 1. The summed E-state index contributed by atoms with van der Waals surface area (Å²) in [4.78, 5) is 31.7. The molecule has 140 valence electrons. The van der Waals surface area contributed by atoms with E-state index in [1.54, 1.807) is 24.3 Å². The number of aromatic nitrogens is 2. The molecule has 0 bridgehead atoms. The Morgan fingerprint density at radius 2 is 1.81 bits per heavy atom. The summed E-state index contributed by atoms with van der Waals surface area (Å²) in [6.45, 7) is 4.05. The minimum Gasteiger partial charge on any atom is -0.478 e. The third-order valence-corrected chi connectivity index (χ3v) is 4.55. The molecule has 0 aliphatic rings. The Labute approximate surface area is 157 Å². The molecule has 1 amide bonds. The first-order valence-electron chi connectivity index (χ1n) is 9.01. The maximum atomic E-state index is 12.5. The van der Waals surface area contributed by atoms with Gasteiger partial charge in [-0.25, -0.2) is 9.78 Å². The van der Waals surface area contributed by atoms with E-state index in [2.05, 4.69) is 15.3 Å². The highest BCUT2D eigenvalue weighted by Gasteiger charge is 2.22. The molecule has 1 heterocycles. The highest BCUT2D eigenvalue weighted by Crippen LogP contribution is 2.22. The second kappa shape index (κ2) is 8.03. The van der Waals surface area contributed by atoms with E-state index in [1.165, 1.54) is 0 Å². The molecule has 0 saturated heterocycles. The lowest BCUT2D eigenvalue weighted by Crippen LogP contribution is -2.32. The molecule has 0 spiro atoms. The largest absolute Gasteiger partial charge is 0.478 e. The van der Waals surface area contributed by atoms with E-state index in [0.29, 0.717) is 12.0 Å². The van der Waals surface area contributed by atoms with Gasteiger partial charge in [-0.15, -0.1) is 0 Å². The number of hydrogen-bond acceptors (Lipinski definition) is 3. The molecule has 0 aliphatic carbocycles. The molecule has 0 fully saturated rings. The molecule has 6 nitrogen and oxygen atoms in total. The van der Waals surface area contributed by atoms with Crippen molar-refractivity contribution in [3.8, 4) is 0 Å². The average Bonchev–Trinajstić information content (AvgIpc) is 3.08. The van der Waals surface area contributed by atoms with E-state index in [4.69, 9.17) is 0 Å². The topological polar surface area (TPSA) is 95.1 Å². The van der Waals surface area contributed by atoms with E-state index in [0.717, 1.165) is 16.9 Å². The summed E-state index contributed by atoms with van der Waals surface area (Å²) >= 11 is 0. The van der Waals surface area contributed by atoms with Gasteiger partial charge in [0.25, 0.3) is 0 Å². The molecule has 1 atom stereocenters. The van der Waals surface area contributed by atoms with Gasteiger partial charge >= 0.3 is 5.97 Å². The molecule has 3 aromatic rings. The Morgan fingerprint density at radius 3 is 2.52 bits per heavy atom. The van der Waals surface area contributed by atoms with Crippen molar-refractivity contribution in [3.05, 3.63) is 65.5 Å². The van der Waals surface area contributed by atoms with Crippen LogP contribution in [0.25, 0.3) is 11.0 Å². The number of para-hydroxylation sites is 2.